The number of nitrogens with one attached hydrogen (secondary N) is 1. The van der Waals surface area contributed by atoms with Crippen molar-refractivity contribution in [3.8, 4) is 0 Å². The quantitative estimate of drug-likeness (QED) is 0.869. The SMILES string of the molecule is Cc1cc(Br)cc(CC(=O)NCCN(C)C2CC2)n1. The van der Waals surface area contributed by atoms with Gasteiger partial charge in [0.1, 0.15) is 0 Å². The van der Waals surface area contributed by atoms with E-state index in [1.54, 1.807) is 0 Å². The molecular weight excluding hydrogens is 306 g/mol. The molecule has 0 unspecified atom stereocenters. The van der Waals surface area contributed by atoms with E-state index in [1.165, 1.54) is 12.8 Å². The number of nitrogens with zero attached hydrogens (tertiary/aromatic N) is 2. The van der Waals surface area contributed by atoms with Crippen molar-refractivity contribution in [2.45, 2.75) is 32.2 Å². The number of carbonyl (C=O) groups is 1. The summed E-state index contributed by atoms with van der Waals surface area (Å²) >= 11 is 3.42. The van der Waals surface area contributed by atoms with E-state index in [4.69, 9.17) is 0 Å². The van der Waals surface area contributed by atoms with E-state index in [0.717, 1.165) is 28.4 Å². The number of rotatable bonds is 6. The van der Waals surface area contributed by atoms with Gasteiger partial charge in [-0.25, -0.2) is 0 Å². The van der Waals surface area contributed by atoms with E-state index in [1.807, 2.05) is 19.1 Å². The lowest BCUT2D eigenvalue weighted by molar-refractivity contribution is -0.120. The van der Waals surface area contributed by atoms with Gasteiger partial charge < -0.3 is 10.2 Å². The first kappa shape index (κ1) is 14.5. The number of pyridine rings is 1. The van der Waals surface area contributed by atoms with Crippen LogP contribution in [0.2, 0.25) is 0 Å². The van der Waals surface area contributed by atoms with Crippen molar-refractivity contribution in [1.82, 2.24) is 15.2 Å². The Morgan fingerprint density at radius 1 is 1.53 bits per heavy atom. The van der Waals surface area contributed by atoms with Crippen molar-refractivity contribution in [3.05, 3.63) is 28.0 Å². The Balaban J connectivity index is 1.73. The van der Waals surface area contributed by atoms with Gasteiger partial charge in [-0.3, -0.25) is 9.78 Å². The van der Waals surface area contributed by atoms with E-state index in [2.05, 4.69) is 38.2 Å². The van der Waals surface area contributed by atoms with Crippen LogP contribution in [0.5, 0.6) is 0 Å². The van der Waals surface area contributed by atoms with Crippen LogP contribution in [0.4, 0.5) is 0 Å². The minimum absolute atomic E-state index is 0.0363. The molecule has 4 nitrogen and oxygen atoms in total. The zero-order valence-corrected chi connectivity index (χ0v) is 13.0. The average molecular weight is 326 g/mol. The van der Waals surface area contributed by atoms with Gasteiger partial charge in [-0.1, -0.05) is 15.9 Å². The van der Waals surface area contributed by atoms with E-state index in [0.29, 0.717) is 13.0 Å². The molecule has 0 spiro atoms. The highest BCUT2D eigenvalue weighted by molar-refractivity contribution is 9.10. The van der Waals surface area contributed by atoms with Crippen molar-refractivity contribution in [2.75, 3.05) is 20.1 Å². The molecule has 0 atom stereocenters. The van der Waals surface area contributed by atoms with Gasteiger partial charge in [0.15, 0.2) is 0 Å². The molecule has 1 saturated carbocycles. The Kier molecular flexibility index (Phi) is 4.93. The van der Waals surface area contributed by atoms with Crippen molar-refractivity contribution < 1.29 is 4.79 Å². The summed E-state index contributed by atoms with van der Waals surface area (Å²) in [6.45, 7) is 3.55. The van der Waals surface area contributed by atoms with Gasteiger partial charge in [-0.05, 0) is 38.9 Å². The first-order chi connectivity index (χ1) is 9.04. The molecule has 5 heteroatoms. The second-order valence-corrected chi connectivity index (χ2v) is 6.07. The molecule has 19 heavy (non-hydrogen) atoms. The lowest BCUT2D eigenvalue weighted by Gasteiger charge is -2.15. The van der Waals surface area contributed by atoms with Crippen LogP contribution in [0.1, 0.15) is 24.2 Å². The lowest BCUT2D eigenvalue weighted by Crippen LogP contribution is -2.34. The Bertz CT molecular complexity index is 440. The number of amides is 1. The molecule has 1 aliphatic rings. The number of aryl methyl sites for hydroxylation is 1. The summed E-state index contributed by atoms with van der Waals surface area (Å²) in [5.74, 6) is 0.0363. The van der Waals surface area contributed by atoms with Gasteiger partial charge in [0, 0.05) is 29.3 Å². The van der Waals surface area contributed by atoms with Gasteiger partial charge in [0.25, 0.3) is 0 Å². The molecule has 1 N–H and O–H groups in total. The minimum Gasteiger partial charge on any atom is -0.354 e. The molecule has 1 aliphatic carbocycles. The normalized spacial score (nSPS) is 14.7. The third-order valence-corrected chi connectivity index (χ3v) is 3.73. The summed E-state index contributed by atoms with van der Waals surface area (Å²) < 4.78 is 0.969. The molecule has 1 fully saturated rings. The zero-order valence-electron chi connectivity index (χ0n) is 11.4. The summed E-state index contributed by atoms with van der Waals surface area (Å²) in [5, 5.41) is 2.95. The first-order valence-corrected chi connectivity index (χ1v) is 7.44. The maximum absolute atomic E-state index is 11.8. The van der Waals surface area contributed by atoms with Gasteiger partial charge >= 0.3 is 0 Å². The highest BCUT2D eigenvalue weighted by Gasteiger charge is 2.25. The fourth-order valence-electron chi connectivity index (χ4n) is 2.08. The lowest BCUT2D eigenvalue weighted by atomic mass is 10.2. The van der Waals surface area contributed by atoms with Crippen LogP contribution < -0.4 is 5.32 Å². The Labute approximate surface area is 122 Å². The Morgan fingerprint density at radius 3 is 2.89 bits per heavy atom. The maximum Gasteiger partial charge on any atom is 0.226 e. The molecule has 0 aliphatic heterocycles. The molecule has 104 valence electrons. The summed E-state index contributed by atoms with van der Waals surface area (Å²) in [4.78, 5) is 18.5. The molecule has 0 radical (unpaired) electrons. The van der Waals surface area contributed by atoms with E-state index < -0.39 is 0 Å². The van der Waals surface area contributed by atoms with Gasteiger partial charge in [-0.15, -0.1) is 0 Å². The molecular formula is C14H20BrN3O. The van der Waals surface area contributed by atoms with Crippen LogP contribution in [0.25, 0.3) is 0 Å². The Morgan fingerprint density at radius 2 is 2.26 bits per heavy atom. The molecule has 1 heterocycles. The monoisotopic (exact) mass is 325 g/mol. The molecule has 0 saturated heterocycles. The molecule has 1 aromatic heterocycles. The van der Waals surface area contributed by atoms with Crippen LogP contribution in [-0.4, -0.2) is 42.0 Å². The van der Waals surface area contributed by atoms with Crippen molar-refractivity contribution >= 4 is 21.8 Å². The smallest absolute Gasteiger partial charge is 0.226 e. The highest BCUT2D eigenvalue weighted by atomic mass is 79.9. The number of likely N-dealkylation sites (N-methyl/N-ethyl adjacent to an activating group) is 1. The third kappa shape index (κ3) is 4.91. The van der Waals surface area contributed by atoms with Crippen LogP contribution in [0.3, 0.4) is 0 Å². The molecule has 1 amide bonds. The van der Waals surface area contributed by atoms with E-state index in [9.17, 15) is 4.79 Å². The Hall–Kier alpha value is -0.940. The predicted octanol–water partition coefficient (Wildman–Crippen LogP) is 1.91. The fourth-order valence-corrected chi connectivity index (χ4v) is 2.67. The standard InChI is InChI=1S/C14H20BrN3O/c1-10-7-11(15)8-12(17-10)9-14(19)16-5-6-18(2)13-3-4-13/h7-8,13H,3-6,9H2,1-2H3,(H,16,19). The fraction of sp³-hybridized carbons (Fsp3) is 0.571. The summed E-state index contributed by atoms with van der Waals surface area (Å²) in [5.41, 5.74) is 1.73. The number of hydrogen-bond donors (Lipinski definition) is 1. The van der Waals surface area contributed by atoms with Crippen molar-refractivity contribution in [1.29, 1.82) is 0 Å². The topological polar surface area (TPSA) is 45.2 Å². The number of carbonyl (C=O) groups excluding carboxylic acids is 1. The van der Waals surface area contributed by atoms with Crippen LogP contribution in [0, 0.1) is 6.92 Å². The number of hydrogen-bond acceptors (Lipinski definition) is 3. The average Bonchev–Trinajstić information content (AvgIpc) is 3.10. The van der Waals surface area contributed by atoms with Gasteiger partial charge in [0.05, 0.1) is 12.1 Å². The summed E-state index contributed by atoms with van der Waals surface area (Å²) in [6, 6.07) is 4.57. The van der Waals surface area contributed by atoms with Crippen LogP contribution in [-0.2, 0) is 11.2 Å². The summed E-state index contributed by atoms with van der Waals surface area (Å²) in [6.07, 6.45) is 2.94. The predicted molar refractivity (Wildman–Crippen MR) is 79.0 cm³/mol. The van der Waals surface area contributed by atoms with Crippen LogP contribution in [0.15, 0.2) is 16.6 Å². The maximum atomic E-state index is 11.8. The highest BCUT2D eigenvalue weighted by Crippen LogP contribution is 2.24. The van der Waals surface area contributed by atoms with Crippen molar-refractivity contribution in [2.24, 2.45) is 0 Å². The van der Waals surface area contributed by atoms with E-state index >= 15 is 0 Å². The second kappa shape index (κ2) is 6.48. The zero-order chi connectivity index (χ0) is 13.8. The number of halogens is 1. The van der Waals surface area contributed by atoms with E-state index in [-0.39, 0.29) is 5.91 Å². The van der Waals surface area contributed by atoms with Crippen molar-refractivity contribution in [3.63, 3.8) is 0 Å². The number of aromatic nitrogens is 1. The van der Waals surface area contributed by atoms with Gasteiger partial charge in [0.2, 0.25) is 5.91 Å². The van der Waals surface area contributed by atoms with Crippen LogP contribution >= 0.6 is 15.9 Å². The third-order valence-electron chi connectivity index (χ3n) is 3.27. The minimum atomic E-state index is 0.0363. The molecule has 1 aromatic rings. The molecule has 2 rings (SSSR count). The second-order valence-electron chi connectivity index (χ2n) is 5.16. The van der Waals surface area contributed by atoms with Gasteiger partial charge in [-0.2, -0.15) is 0 Å². The summed E-state index contributed by atoms with van der Waals surface area (Å²) in [7, 11) is 2.11. The molecule has 0 bridgehead atoms. The first-order valence-electron chi connectivity index (χ1n) is 6.64. The molecule has 0 aromatic carbocycles. The largest absolute Gasteiger partial charge is 0.354 e.